The van der Waals surface area contributed by atoms with E-state index in [2.05, 4.69) is 10.0 Å². The first kappa shape index (κ1) is 19.0. The number of amides is 1. The van der Waals surface area contributed by atoms with Crippen molar-refractivity contribution in [2.45, 2.75) is 13.0 Å². The fourth-order valence-corrected chi connectivity index (χ4v) is 2.80. The van der Waals surface area contributed by atoms with Gasteiger partial charge in [0, 0.05) is 24.2 Å². The highest BCUT2D eigenvalue weighted by Gasteiger charge is 2.08. The Labute approximate surface area is 148 Å². The third-order valence-corrected chi connectivity index (χ3v) is 4.35. The standard InChI is InChI=1S/C18H22N2O4S/c1-24-17-6-4-3-5-16(17)13-19-18(21)15-9-7-14(8-10-15)11-12-20-25(2,22)23/h3-10,20H,11-13H2,1-2H3,(H,19,21). The predicted molar refractivity (Wildman–Crippen MR) is 97.2 cm³/mol. The van der Waals surface area contributed by atoms with E-state index in [-0.39, 0.29) is 5.91 Å². The summed E-state index contributed by atoms with van der Waals surface area (Å²) in [5.41, 5.74) is 2.41. The number of carbonyl (C=O) groups is 1. The highest BCUT2D eigenvalue weighted by molar-refractivity contribution is 7.88. The van der Waals surface area contributed by atoms with E-state index in [4.69, 9.17) is 4.74 Å². The Hall–Kier alpha value is -2.38. The molecule has 25 heavy (non-hydrogen) atoms. The number of sulfonamides is 1. The summed E-state index contributed by atoms with van der Waals surface area (Å²) in [4.78, 5) is 12.2. The number of hydrogen-bond donors (Lipinski definition) is 2. The van der Waals surface area contributed by atoms with Gasteiger partial charge in [-0.2, -0.15) is 0 Å². The second-order valence-electron chi connectivity index (χ2n) is 5.61. The second-order valence-corrected chi connectivity index (χ2v) is 7.44. The van der Waals surface area contributed by atoms with Crippen LogP contribution in [0.5, 0.6) is 5.75 Å². The summed E-state index contributed by atoms with van der Waals surface area (Å²) in [5.74, 6) is 0.559. The molecule has 2 aromatic carbocycles. The monoisotopic (exact) mass is 362 g/mol. The number of carbonyl (C=O) groups excluding carboxylic acids is 1. The fourth-order valence-electron chi connectivity index (χ4n) is 2.33. The van der Waals surface area contributed by atoms with Crippen molar-refractivity contribution in [3.05, 3.63) is 65.2 Å². The van der Waals surface area contributed by atoms with Gasteiger partial charge in [0.1, 0.15) is 5.75 Å². The Morgan fingerprint density at radius 3 is 2.40 bits per heavy atom. The smallest absolute Gasteiger partial charge is 0.251 e. The molecule has 2 N–H and O–H groups in total. The molecule has 0 aliphatic heterocycles. The third-order valence-electron chi connectivity index (χ3n) is 3.63. The Bertz CT molecular complexity index is 817. The molecule has 7 heteroatoms. The highest BCUT2D eigenvalue weighted by atomic mass is 32.2. The van der Waals surface area contributed by atoms with Crippen molar-refractivity contribution < 1.29 is 17.9 Å². The van der Waals surface area contributed by atoms with E-state index in [1.165, 1.54) is 0 Å². The Kier molecular flexibility index (Phi) is 6.55. The fraction of sp³-hybridized carbons (Fsp3) is 0.278. The Morgan fingerprint density at radius 2 is 1.76 bits per heavy atom. The van der Waals surface area contributed by atoms with Crippen molar-refractivity contribution >= 4 is 15.9 Å². The molecule has 0 fully saturated rings. The summed E-state index contributed by atoms with van der Waals surface area (Å²) in [5, 5.41) is 2.86. The molecule has 0 saturated heterocycles. The molecule has 0 heterocycles. The molecule has 0 aliphatic carbocycles. The number of nitrogens with one attached hydrogen (secondary N) is 2. The van der Waals surface area contributed by atoms with Crippen LogP contribution in [0.1, 0.15) is 21.5 Å². The molecule has 6 nitrogen and oxygen atoms in total. The summed E-state index contributed by atoms with van der Waals surface area (Å²) in [6, 6.07) is 14.6. The van der Waals surface area contributed by atoms with Crippen LogP contribution < -0.4 is 14.8 Å². The maximum absolute atomic E-state index is 12.2. The molecule has 0 atom stereocenters. The van der Waals surface area contributed by atoms with Crippen molar-refractivity contribution in [3.8, 4) is 5.75 Å². The minimum absolute atomic E-state index is 0.174. The van der Waals surface area contributed by atoms with Crippen LogP contribution in [0.3, 0.4) is 0 Å². The maximum Gasteiger partial charge on any atom is 0.251 e. The largest absolute Gasteiger partial charge is 0.496 e. The minimum Gasteiger partial charge on any atom is -0.496 e. The Morgan fingerprint density at radius 1 is 1.08 bits per heavy atom. The zero-order valence-electron chi connectivity index (χ0n) is 14.3. The predicted octanol–water partition coefficient (Wildman–Crippen LogP) is 1.72. The van der Waals surface area contributed by atoms with Crippen LogP contribution in [-0.2, 0) is 23.0 Å². The molecule has 0 aromatic heterocycles. The zero-order valence-corrected chi connectivity index (χ0v) is 15.1. The lowest BCUT2D eigenvalue weighted by atomic mass is 10.1. The Balaban J connectivity index is 1.89. The first-order chi connectivity index (χ1) is 11.9. The van der Waals surface area contributed by atoms with Gasteiger partial charge in [0.15, 0.2) is 0 Å². The molecule has 2 rings (SSSR count). The van der Waals surface area contributed by atoms with E-state index in [1.807, 2.05) is 36.4 Å². The van der Waals surface area contributed by atoms with Gasteiger partial charge in [0.2, 0.25) is 10.0 Å². The van der Waals surface area contributed by atoms with Gasteiger partial charge in [-0.05, 0) is 30.2 Å². The van der Waals surface area contributed by atoms with Crippen LogP contribution in [0.25, 0.3) is 0 Å². The van der Waals surface area contributed by atoms with Gasteiger partial charge in [-0.25, -0.2) is 13.1 Å². The van der Waals surface area contributed by atoms with E-state index < -0.39 is 10.0 Å². The molecule has 0 spiro atoms. The number of benzene rings is 2. The third kappa shape index (κ3) is 6.21. The van der Waals surface area contributed by atoms with Gasteiger partial charge in [-0.1, -0.05) is 30.3 Å². The number of para-hydroxylation sites is 1. The summed E-state index contributed by atoms with van der Waals surface area (Å²) >= 11 is 0. The van der Waals surface area contributed by atoms with E-state index in [0.717, 1.165) is 23.1 Å². The minimum atomic E-state index is -3.18. The maximum atomic E-state index is 12.2. The molecule has 2 aromatic rings. The van der Waals surface area contributed by atoms with Crippen LogP contribution in [0.4, 0.5) is 0 Å². The van der Waals surface area contributed by atoms with Crippen LogP contribution in [0.15, 0.2) is 48.5 Å². The van der Waals surface area contributed by atoms with Crippen molar-refractivity contribution in [3.63, 3.8) is 0 Å². The first-order valence-electron chi connectivity index (χ1n) is 7.83. The lowest BCUT2D eigenvalue weighted by Crippen LogP contribution is -2.24. The average Bonchev–Trinajstić information content (AvgIpc) is 2.59. The summed E-state index contributed by atoms with van der Waals surface area (Å²) in [6.07, 6.45) is 1.69. The van der Waals surface area contributed by atoms with Gasteiger partial charge in [-0.15, -0.1) is 0 Å². The van der Waals surface area contributed by atoms with Gasteiger partial charge in [0.05, 0.1) is 13.4 Å². The van der Waals surface area contributed by atoms with Gasteiger partial charge in [-0.3, -0.25) is 4.79 Å². The van der Waals surface area contributed by atoms with E-state index in [0.29, 0.717) is 25.1 Å². The normalized spacial score (nSPS) is 11.1. The lowest BCUT2D eigenvalue weighted by molar-refractivity contribution is 0.0950. The van der Waals surface area contributed by atoms with Crippen LogP contribution in [-0.4, -0.2) is 34.2 Å². The second kappa shape index (κ2) is 8.64. The molecule has 134 valence electrons. The zero-order chi connectivity index (χ0) is 18.3. The topological polar surface area (TPSA) is 84.5 Å². The van der Waals surface area contributed by atoms with Crippen molar-refractivity contribution in [1.82, 2.24) is 10.0 Å². The van der Waals surface area contributed by atoms with Crippen LogP contribution in [0.2, 0.25) is 0 Å². The summed E-state index contributed by atoms with van der Waals surface area (Å²) in [6.45, 7) is 0.709. The van der Waals surface area contributed by atoms with Gasteiger partial charge >= 0.3 is 0 Å². The molecule has 1 amide bonds. The first-order valence-corrected chi connectivity index (χ1v) is 9.72. The van der Waals surface area contributed by atoms with Crippen molar-refractivity contribution in [1.29, 1.82) is 0 Å². The number of ether oxygens (including phenoxy) is 1. The molecular weight excluding hydrogens is 340 g/mol. The van der Waals surface area contributed by atoms with Gasteiger partial charge < -0.3 is 10.1 Å². The quantitative estimate of drug-likeness (QED) is 0.749. The molecule has 0 radical (unpaired) electrons. The van der Waals surface area contributed by atoms with Gasteiger partial charge in [0.25, 0.3) is 5.91 Å². The lowest BCUT2D eigenvalue weighted by Gasteiger charge is -2.10. The SMILES string of the molecule is COc1ccccc1CNC(=O)c1ccc(CCNS(C)(=O)=O)cc1. The number of methoxy groups -OCH3 is 1. The number of rotatable bonds is 8. The van der Waals surface area contributed by atoms with Crippen molar-refractivity contribution in [2.75, 3.05) is 19.9 Å². The average molecular weight is 362 g/mol. The van der Waals surface area contributed by atoms with E-state index in [9.17, 15) is 13.2 Å². The summed E-state index contributed by atoms with van der Waals surface area (Å²) < 4.78 is 29.8. The molecular formula is C18H22N2O4S. The van der Waals surface area contributed by atoms with E-state index >= 15 is 0 Å². The summed E-state index contributed by atoms with van der Waals surface area (Å²) in [7, 11) is -1.58. The van der Waals surface area contributed by atoms with Crippen molar-refractivity contribution in [2.24, 2.45) is 0 Å². The highest BCUT2D eigenvalue weighted by Crippen LogP contribution is 2.17. The van der Waals surface area contributed by atoms with E-state index in [1.54, 1.807) is 19.2 Å². The molecule has 0 saturated carbocycles. The van der Waals surface area contributed by atoms with Crippen LogP contribution >= 0.6 is 0 Å². The number of hydrogen-bond acceptors (Lipinski definition) is 4. The molecule has 0 aliphatic rings. The molecule has 0 bridgehead atoms. The van der Waals surface area contributed by atoms with Crippen LogP contribution in [0, 0.1) is 0 Å². The molecule has 0 unspecified atom stereocenters.